The van der Waals surface area contributed by atoms with Gasteiger partial charge in [-0.1, -0.05) is 6.92 Å². The Bertz CT molecular complexity index is 242. The summed E-state index contributed by atoms with van der Waals surface area (Å²) in [5.41, 5.74) is 5.95. The molecule has 0 aromatic heterocycles. The van der Waals surface area contributed by atoms with Crippen molar-refractivity contribution in [3.63, 3.8) is 0 Å². The molecule has 2 fully saturated rings. The molecule has 3 heteroatoms. The summed E-state index contributed by atoms with van der Waals surface area (Å²) < 4.78 is 0. The fourth-order valence-electron chi connectivity index (χ4n) is 2.60. The van der Waals surface area contributed by atoms with Crippen LogP contribution in [0.1, 0.15) is 51.9 Å². The number of nitrogens with one attached hydrogen (secondary N) is 1. The van der Waals surface area contributed by atoms with E-state index in [1.807, 2.05) is 0 Å². The highest BCUT2D eigenvalue weighted by Crippen LogP contribution is 2.32. The van der Waals surface area contributed by atoms with Gasteiger partial charge in [-0.15, -0.1) is 0 Å². The minimum absolute atomic E-state index is 0.0996. The van der Waals surface area contributed by atoms with Crippen LogP contribution in [0, 0.1) is 11.8 Å². The molecule has 3 N–H and O–H groups in total. The third-order valence-electron chi connectivity index (χ3n) is 4.03. The molecule has 2 rings (SSSR count). The summed E-state index contributed by atoms with van der Waals surface area (Å²) >= 11 is 0. The lowest BCUT2D eigenvalue weighted by molar-refractivity contribution is -0.122. The smallest absolute Gasteiger partial charge is 0.221 e. The number of rotatable bonds is 4. The maximum Gasteiger partial charge on any atom is 0.221 e. The molecule has 3 nitrogen and oxygen atoms in total. The molecule has 2 saturated carbocycles. The van der Waals surface area contributed by atoms with Crippen molar-refractivity contribution in [1.29, 1.82) is 0 Å². The first-order valence-corrected chi connectivity index (χ1v) is 6.70. The summed E-state index contributed by atoms with van der Waals surface area (Å²) in [6, 6.07) is 0.512. The van der Waals surface area contributed by atoms with E-state index in [4.69, 9.17) is 5.73 Å². The highest BCUT2D eigenvalue weighted by atomic mass is 16.1. The summed E-state index contributed by atoms with van der Waals surface area (Å²) in [6.07, 6.45) is 7.75. The van der Waals surface area contributed by atoms with Gasteiger partial charge < -0.3 is 11.1 Å². The van der Waals surface area contributed by atoms with Gasteiger partial charge in [0.15, 0.2) is 0 Å². The van der Waals surface area contributed by atoms with Gasteiger partial charge in [-0.2, -0.15) is 0 Å². The van der Waals surface area contributed by atoms with Crippen molar-refractivity contribution < 1.29 is 4.79 Å². The van der Waals surface area contributed by atoms with Crippen molar-refractivity contribution in [2.24, 2.45) is 17.6 Å². The molecule has 1 unspecified atom stereocenters. The fraction of sp³-hybridized carbons (Fsp3) is 0.923. The third-order valence-corrected chi connectivity index (χ3v) is 4.03. The van der Waals surface area contributed by atoms with Gasteiger partial charge in [0.05, 0.1) is 0 Å². The zero-order valence-electron chi connectivity index (χ0n) is 10.2. The largest absolute Gasteiger partial charge is 0.353 e. The Labute approximate surface area is 98.2 Å². The standard InChI is InChI=1S/C13H24N2O/c1-9-2-6-11(7-3-9)15-13(16)8-12(14)10-4-5-10/h9-12H,2-8,14H2,1H3,(H,15,16). The van der Waals surface area contributed by atoms with Crippen LogP contribution in [-0.4, -0.2) is 18.0 Å². The molecule has 0 saturated heterocycles. The molecule has 1 atom stereocenters. The molecule has 0 aliphatic heterocycles. The Morgan fingerprint density at radius 2 is 1.88 bits per heavy atom. The van der Waals surface area contributed by atoms with Gasteiger partial charge in [0.25, 0.3) is 0 Å². The predicted octanol–water partition coefficient (Wildman–Crippen LogP) is 1.81. The van der Waals surface area contributed by atoms with Crippen molar-refractivity contribution in [2.45, 2.75) is 64.0 Å². The molecule has 2 aliphatic carbocycles. The molecule has 0 heterocycles. The summed E-state index contributed by atoms with van der Waals surface area (Å²) in [5, 5.41) is 3.13. The van der Waals surface area contributed by atoms with Gasteiger partial charge in [0.1, 0.15) is 0 Å². The molecular formula is C13H24N2O. The average Bonchev–Trinajstić information content (AvgIpc) is 3.04. The number of hydrogen-bond acceptors (Lipinski definition) is 2. The molecule has 2 aliphatic rings. The predicted molar refractivity (Wildman–Crippen MR) is 64.9 cm³/mol. The Balaban J connectivity index is 1.66. The van der Waals surface area contributed by atoms with Crippen molar-refractivity contribution in [3.8, 4) is 0 Å². The summed E-state index contributed by atoms with van der Waals surface area (Å²) in [5.74, 6) is 1.62. The van der Waals surface area contributed by atoms with Crippen LogP contribution in [-0.2, 0) is 4.79 Å². The van der Waals surface area contributed by atoms with Gasteiger partial charge in [0, 0.05) is 18.5 Å². The molecular weight excluding hydrogens is 200 g/mol. The minimum Gasteiger partial charge on any atom is -0.353 e. The zero-order chi connectivity index (χ0) is 11.5. The zero-order valence-corrected chi connectivity index (χ0v) is 10.2. The highest BCUT2D eigenvalue weighted by molar-refractivity contribution is 5.77. The Kier molecular flexibility index (Phi) is 3.85. The molecule has 0 radical (unpaired) electrons. The van der Waals surface area contributed by atoms with Crippen molar-refractivity contribution in [1.82, 2.24) is 5.32 Å². The third kappa shape index (κ3) is 3.48. The van der Waals surface area contributed by atoms with E-state index in [1.165, 1.54) is 25.7 Å². The molecule has 0 aromatic carbocycles. The number of hydrogen-bond donors (Lipinski definition) is 2. The van der Waals surface area contributed by atoms with E-state index in [2.05, 4.69) is 12.2 Å². The Morgan fingerprint density at radius 1 is 1.25 bits per heavy atom. The average molecular weight is 224 g/mol. The van der Waals surface area contributed by atoms with Crippen LogP contribution in [0.3, 0.4) is 0 Å². The van der Waals surface area contributed by atoms with Crippen LogP contribution in [0.2, 0.25) is 0 Å². The van der Waals surface area contributed by atoms with Gasteiger partial charge in [0.2, 0.25) is 5.91 Å². The first-order valence-electron chi connectivity index (χ1n) is 6.70. The summed E-state index contributed by atoms with van der Waals surface area (Å²) in [4.78, 5) is 11.7. The quantitative estimate of drug-likeness (QED) is 0.765. The second-order valence-corrected chi connectivity index (χ2v) is 5.73. The van der Waals surface area contributed by atoms with Crippen molar-refractivity contribution in [2.75, 3.05) is 0 Å². The van der Waals surface area contributed by atoms with E-state index in [9.17, 15) is 4.79 Å². The van der Waals surface area contributed by atoms with Crippen LogP contribution >= 0.6 is 0 Å². The van der Waals surface area contributed by atoms with E-state index in [0.717, 1.165) is 18.8 Å². The number of nitrogens with two attached hydrogens (primary N) is 1. The lowest BCUT2D eigenvalue weighted by Gasteiger charge is -2.27. The Hall–Kier alpha value is -0.570. The van der Waals surface area contributed by atoms with Crippen LogP contribution < -0.4 is 11.1 Å². The molecule has 16 heavy (non-hydrogen) atoms. The van der Waals surface area contributed by atoms with Crippen molar-refractivity contribution >= 4 is 5.91 Å². The normalized spacial score (nSPS) is 32.1. The first kappa shape index (κ1) is 11.9. The molecule has 0 bridgehead atoms. The van der Waals surface area contributed by atoms with Crippen LogP contribution in [0.25, 0.3) is 0 Å². The van der Waals surface area contributed by atoms with Gasteiger partial charge in [-0.25, -0.2) is 0 Å². The molecule has 92 valence electrons. The topological polar surface area (TPSA) is 55.1 Å². The maximum atomic E-state index is 11.7. The number of carbonyl (C=O) groups excluding carboxylic acids is 1. The van der Waals surface area contributed by atoms with Gasteiger partial charge in [-0.3, -0.25) is 4.79 Å². The maximum absolute atomic E-state index is 11.7. The summed E-state index contributed by atoms with van der Waals surface area (Å²) in [6.45, 7) is 2.29. The first-order chi connectivity index (χ1) is 7.65. The second kappa shape index (κ2) is 5.17. The fourth-order valence-corrected chi connectivity index (χ4v) is 2.60. The van der Waals surface area contributed by atoms with Gasteiger partial charge >= 0.3 is 0 Å². The minimum atomic E-state index is 0.0996. The Morgan fingerprint density at radius 3 is 2.44 bits per heavy atom. The molecule has 0 aromatic rings. The van der Waals surface area contributed by atoms with E-state index in [0.29, 0.717) is 18.4 Å². The second-order valence-electron chi connectivity index (χ2n) is 5.73. The summed E-state index contributed by atoms with van der Waals surface area (Å²) in [7, 11) is 0. The van der Waals surface area contributed by atoms with Crippen LogP contribution in [0.15, 0.2) is 0 Å². The molecule has 1 amide bonds. The van der Waals surface area contributed by atoms with E-state index in [1.54, 1.807) is 0 Å². The number of carbonyl (C=O) groups is 1. The van der Waals surface area contributed by atoms with Crippen molar-refractivity contribution in [3.05, 3.63) is 0 Å². The lowest BCUT2D eigenvalue weighted by Crippen LogP contribution is -2.40. The van der Waals surface area contributed by atoms with Crippen LogP contribution in [0.5, 0.6) is 0 Å². The van der Waals surface area contributed by atoms with E-state index >= 15 is 0 Å². The van der Waals surface area contributed by atoms with Gasteiger partial charge in [-0.05, 0) is 50.4 Å². The van der Waals surface area contributed by atoms with E-state index in [-0.39, 0.29) is 11.9 Å². The monoisotopic (exact) mass is 224 g/mol. The van der Waals surface area contributed by atoms with Crippen LogP contribution in [0.4, 0.5) is 0 Å². The highest BCUT2D eigenvalue weighted by Gasteiger charge is 2.30. The lowest BCUT2D eigenvalue weighted by atomic mass is 9.87. The SMILES string of the molecule is CC1CCC(NC(=O)CC(N)C2CC2)CC1. The number of amides is 1. The van der Waals surface area contributed by atoms with E-state index < -0.39 is 0 Å². The molecule has 0 spiro atoms.